The smallest absolute Gasteiger partial charge is 0.315 e. The van der Waals surface area contributed by atoms with E-state index < -0.39 is 82.0 Å². The molecule has 0 saturated carbocycles. The molecule has 1 heterocycles. The molecular formula is C29H55F2N6O6S+. The van der Waals surface area contributed by atoms with Crippen molar-refractivity contribution in [3.05, 3.63) is 0 Å². The van der Waals surface area contributed by atoms with E-state index in [4.69, 9.17) is 0 Å². The molecule has 0 radical (unpaired) electrons. The normalized spacial score (nSPS) is 19.6. The first-order valence-electron chi connectivity index (χ1n) is 14.9. The summed E-state index contributed by atoms with van der Waals surface area (Å²) in [5.41, 5.74) is -1.60. The second kappa shape index (κ2) is 15.3. The highest BCUT2D eigenvalue weighted by atomic mass is 32.3. The molecule has 1 unspecified atom stereocenters. The van der Waals surface area contributed by atoms with E-state index in [0.717, 1.165) is 0 Å². The number of hydrogen-bond donors (Lipinski definition) is 5. The van der Waals surface area contributed by atoms with Crippen LogP contribution in [0.25, 0.3) is 0 Å². The third-order valence-corrected chi connectivity index (χ3v) is 8.74. The van der Waals surface area contributed by atoms with Crippen molar-refractivity contribution >= 4 is 34.2 Å². The zero-order chi connectivity index (χ0) is 34.4. The van der Waals surface area contributed by atoms with Gasteiger partial charge >= 0.3 is 6.03 Å². The first kappa shape index (κ1) is 39.6. The van der Waals surface area contributed by atoms with Crippen molar-refractivity contribution in [3.8, 4) is 0 Å². The lowest BCUT2D eigenvalue weighted by atomic mass is 9.85. The standard InChI is InChI=1S/C29H54F2N6O6S/c1-27(2,3)17-32-23(38)18(15-21(30)31)33-24(39)19-13-12-14-37(19)25(40)22(29(7,8)9)35-26(41)34-20(28(4,5)6)16-36(10)44(11,42)43/h18-22H,12-17H2,1-11H3,(H4-,32,33,34,35,38,39,41,42,43)/p+1/t18-,19-,20+,22+/m0/s1. The van der Waals surface area contributed by atoms with Crippen LogP contribution in [0.2, 0.25) is 0 Å². The molecule has 1 aliphatic heterocycles. The van der Waals surface area contributed by atoms with Crippen molar-refractivity contribution in [2.45, 2.75) is 112 Å². The van der Waals surface area contributed by atoms with Crippen molar-refractivity contribution in [2.24, 2.45) is 16.2 Å². The molecule has 0 bridgehead atoms. The van der Waals surface area contributed by atoms with Crippen LogP contribution in [0.15, 0.2) is 0 Å². The predicted molar refractivity (Wildman–Crippen MR) is 167 cm³/mol. The Morgan fingerprint density at radius 1 is 0.977 bits per heavy atom. The number of carbonyl (C=O) groups excluding carboxylic acids is 4. The summed E-state index contributed by atoms with van der Waals surface area (Å²) >= 11 is 0. The maximum absolute atomic E-state index is 13.9. The minimum Gasteiger partial charge on any atom is -0.354 e. The number of nitrogens with one attached hydrogen (secondary N) is 4. The minimum atomic E-state index is -3.26. The van der Waals surface area contributed by atoms with E-state index in [9.17, 15) is 36.7 Å². The first-order chi connectivity index (χ1) is 19.7. The third-order valence-electron chi connectivity index (χ3n) is 7.44. The summed E-state index contributed by atoms with van der Waals surface area (Å²) in [4.78, 5) is 54.5. The molecule has 0 spiro atoms. The van der Waals surface area contributed by atoms with Gasteiger partial charge in [0, 0.05) is 26.6 Å². The summed E-state index contributed by atoms with van der Waals surface area (Å²) in [6, 6.07) is -4.80. The highest BCUT2D eigenvalue weighted by Crippen LogP contribution is 2.27. The van der Waals surface area contributed by atoms with Crippen molar-refractivity contribution < 1.29 is 36.7 Å². The SMILES string of the molecule is CN(C[C@@H](NC(=O)N[C@H](C(=O)N1CCC[C@H]1C(=O)N[C@@H](CC(F)F)C(=O)NCC(C)(C)C)C(C)(C)C)C(C)(C)C)[S+](C)(=O)O. The van der Waals surface area contributed by atoms with E-state index in [1.54, 1.807) is 20.8 Å². The molecule has 0 aromatic heterocycles. The van der Waals surface area contributed by atoms with Crippen molar-refractivity contribution in [1.82, 2.24) is 30.5 Å². The number of carbonyl (C=O) groups is 4. The van der Waals surface area contributed by atoms with Crippen LogP contribution in [0.4, 0.5) is 13.6 Å². The average molecular weight is 654 g/mol. The Balaban J connectivity index is 3.13. The van der Waals surface area contributed by atoms with Crippen LogP contribution in [0.3, 0.4) is 0 Å². The first-order valence-corrected chi connectivity index (χ1v) is 16.8. The summed E-state index contributed by atoms with van der Waals surface area (Å²) < 4.78 is 49.9. The number of likely N-dealkylation sites (N-methyl/N-ethyl adjacent to an activating group) is 1. The van der Waals surface area contributed by atoms with Crippen LogP contribution in [0.1, 0.15) is 81.6 Å². The number of amides is 5. The van der Waals surface area contributed by atoms with Gasteiger partial charge in [-0.15, -0.1) is 0 Å². The minimum absolute atomic E-state index is 0.0639. The Labute approximate surface area is 262 Å². The molecular weight excluding hydrogens is 598 g/mol. The van der Waals surface area contributed by atoms with Gasteiger partial charge in [0.25, 0.3) is 10.4 Å². The Bertz CT molecular complexity index is 1070. The Hall–Kier alpha value is -2.39. The van der Waals surface area contributed by atoms with E-state index in [-0.39, 0.29) is 31.5 Å². The number of alkyl halides is 2. The van der Waals surface area contributed by atoms with Crippen LogP contribution >= 0.6 is 0 Å². The quantitative estimate of drug-likeness (QED) is 0.204. The predicted octanol–water partition coefficient (Wildman–Crippen LogP) is 2.86. The molecule has 1 fully saturated rings. The fourth-order valence-corrected chi connectivity index (χ4v) is 4.96. The molecule has 15 heteroatoms. The van der Waals surface area contributed by atoms with Crippen molar-refractivity contribution in [2.75, 3.05) is 32.9 Å². The highest BCUT2D eigenvalue weighted by molar-refractivity contribution is 7.94. The second-order valence-corrected chi connectivity index (χ2v) is 17.2. The second-order valence-electron chi connectivity index (χ2n) is 15.1. The molecule has 5 atom stereocenters. The number of halogens is 2. The molecule has 44 heavy (non-hydrogen) atoms. The number of rotatable bonds is 12. The third kappa shape index (κ3) is 12.9. The molecule has 0 aromatic rings. The summed E-state index contributed by atoms with van der Waals surface area (Å²) in [5, 5.41) is 10.6. The number of likely N-dealkylation sites (tertiary alicyclic amines) is 1. The maximum atomic E-state index is 13.9. The molecule has 256 valence electrons. The monoisotopic (exact) mass is 653 g/mol. The number of hydrogen-bond acceptors (Lipinski definition) is 5. The van der Waals surface area contributed by atoms with Gasteiger partial charge in [-0.05, 0) is 33.3 Å². The lowest BCUT2D eigenvalue weighted by Crippen LogP contribution is -2.62. The summed E-state index contributed by atoms with van der Waals surface area (Å²) in [6.07, 6.45) is -1.80. The summed E-state index contributed by atoms with van der Waals surface area (Å²) in [6.45, 7) is 17.0. The van der Waals surface area contributed by atoms with Gasteiger partial charge < -0.3 is 26.2 Å². The van der Waals surface area contributed by atoms with Gasteiger partial charge in [-0.25, -0.2) is 13.6 Å². The van der Waals surface area contributed by atoms with E-state index in [0.29, 0.717) is 6.42 Å². The van der Waals surface area contributed by atoms with Crippen LogP contribution in [-0.4, -0.2) is 101 Å². The highest BCUT2D eigenvalue weighted by Gasteiger charge is 2.43. The molecule has 5 N–H and O–H groups in total. The molecule has 0 aliphatic carbocycles. The molecule has 1 rings (SSSR count). The van der Waals surface area contributed by atoms with Gasteiger partial charge in [0.15, 0.2) is 6.26 Å². The van der Waals surface area contributed by atoms with E-state index >= 15 is 0 Å². The van der Waals surface area contributed by atoms with Crippen LogP contribution < -0.4 is 21.3 Å². The number of urea groups is 1. The van der Waals surface area contributed by atoms with Gasteiger partial charge in [0.05, 0.1) is 12.6 Å². The summed E-state index contributed by atoms with van der Waals surface area (Å²) in [5.74, 6) is -1.97. The molecule has 0 aromatic carbocycles. The van der Waals surface area contributed by atoms with Gasteiger partial charge in [-0.3, -0.25) is 14.4 Å². The topological polar surface area (TPSA) is 160 Å². The molecule has 1 saturated heterocycles. The van der Waals surface area contributed by atoms with Crippen LogP contribution in [0.5, 0.6) is 0 Å². The van der Waals surface area contributed by atoms with Crippen molar-refractivity contribution in [1.29, 1.82) is 0 Å². The Kier molecular flexibility index (Phi) is 13.7. The maximum Gasteiger partial charge on any atom is 0.315 e. The lowest BCUT2D eigenvalue weighted by Gasteiger charge is -2.37. The van der Waals surface area contributed by atoms with Gasteiger partial charge in [-0.2, -0.15) is 4.55 Å². The largest absolute Gasteiger partial charge is 0.354 e. The van der Waals surface area contributed by atoms with Crippen molar-refractivity contribution in [3.63, 3.8) is 0 Å². The van der Waals surface area contributed by atoms with Gasteiger partial charge in [-0.1, -0.05) is 66.6 Å². The van der Waals surface area contributed by atoms with E-state index in [1.807, 2.05) is 41.5 Å². The lowest BCUT2D eigenvalue weighted by molar-refractivity contribution is -0.142. The number of nitrogens with zero attached hydrogens (tertiary/aromatic N) is 2. The van der Waals surface area contributed by atoms with Crippen LogP contribution in [-0.2, 0) is 29.0 Å². The molecule has 1 aliphatic rings. The fraction of sp³-hybridized carbons (Fsp3) is 0.862. The zero-order valence-corrected chi connectivity index (χ0v) is 29.0. The van der Waals surface area contributed by atoms with Crippen LogP contribution in [0, 0.1) is 16.2 Å². The Morgan fingerprint density at radius 2 is 1.55 bits per heavy atom. The molecule has 5 amide bonds. The Morgan fingerprint density at radius 3 is 2.00 bits per heavy atom. The van der Waals surface area contributed by atoms with E-state index in [1.165, 1.54) is 22.5 Å². The zero-order valence-electron chi connectivity index (χ0n) is 28.2. The van der Waals surface area contributed by atoms with Gasteiger partial charge in [0.1, 0.15) is 18.1 Å². The van der Waals surface area contributed by atoms with E-state index in [2.05, 4.69) is 21.3 Å². The van der Waals surface area contributed by atoms with Gasteiger partial charge in [0.2, 0.25) is 24.1 Å². The fourth-order valence-electron chi connectivity index (χ4n) is 4.53. The average Bonchev–Trinajstić information content (AvgIpc) is 3.32. The molecule has 12 nitrogen and oxygen atoms in total. The summed E-state index contributed by atoms with van der Waals surface area (Å²) in [7, 11) is -1.79.